The summed E-state index contributed by atoms with van der Waals surface area (Å²) in [6, 6.07) is 2.31. The zero-order chi connectivity index (χ0) is 25.0. The number of alkyl halides is 3. The van der Waals surface area contributed by atoms with Crippen LogP contribution < -0.4 is 15.4 Å². The van der Waals surface area contributed by atoms with Gasteiger partial charge in [0.2, 0.25) is 5.88 Å². The van der Waals surface area contributed by atoms with Crippen molar-refractivity contribution >= 4 is 29.2 Å². The maximum Gasteiger partial charge on any atom is 0.434 e. The van der Waals surface area contributed by atoms with E-state index in [0.29, 0.717) is 17.7 Å². The Bertz CT molecular complexity index is 1230. The number of ether oxygens (including phenoxy) is 2. The fraction of sp³-hybridized carbons (Fsp3) is 0.286. The van der Waals surface area contributed by atoms with Crippen LogP contribution in [0.15, 0.2) is 24.5 Å². The third kappa shape index (κ3) is 5.25. The summed E-state index contributed by atoms with van der Waals surface area (Å²) in [6.45, 7) is 3.42. The fourth-order valence-electron chi connectivity index (χ4n) is 3.04. The number of esters is 1. The summed E-state index contributed by atoms with van der Waals surface area (Å²) in [4.78, 5) is 36.2. The zero-order valence-corrected chi connectivity index (χ0v) is 19.3. The summed E-state index contributed by atoms with van der Waals surface area (Å²) in [5.41, 5.74) is -0.0343. The number of rotatable bonds is 6. The number of nitrogens with one attached hydrogen (secondary N) is 2. The van der Waals surface area contributed by atoms with E-state index < -0.39 is 23.9 Å². The molecule has 2 amide bonds. The Balaban J connectivity index is 2.20. The molecule has 3 aromatic rings. The minimum atomic E-state index is -4.63. The Morgan fingerprint density at radius 3 is 2.44 bits per heavy atom. The van der Waals surface area contributed by atoms with Gasteiger partial charge in [0, 0.05) is 40.5 Å². The molecular formula is C21H20F3N5O4S. The molecule has 3 aromatic heterocycles. The number of aryl methyl sites for hydroxylation is 1. The average molecular weight is 495 g/mol. The largest absolute Gasteiger partial charge is 0.480 e. The third-order valence-electron chi connectivity index (χ3n) is 4.54. The van der Waals surface area contributed by atoms with Gasteiger partial charge in [-0.15, -0.1) is 11.3 Å². The van der Waals surface area contributed by atoms with Crippen LogP contribution in [0.1, 0.15) is 27.9 Å². The standard InChI is InChI=1S/C21H20F3N5O4S/c1-5-25-20(31)28-15-7-12(18-29-16(10(2)34-18)21(22,23)24)14(9-26-15)11-6-13(19(30)33-4)17(32-3)27-8-11/h6-9H,5H2,1-4H3,(H2,25,26,28,31). The van der Waals surface area contributed by atoms with Crippen LogP contribution in [0, 0.1) is 6.92 Å². The number of nitrogens with zero attached hydrogens (tertiary/aromatic N) is 3. The van der Waals surface area contributed by atoms with E-state index >= 15 is 0 Å². The maximum atomic E-state index is 13.4. The van der Waals surface area contributed by atoms with Gasteiger partial charge in [0.05, 0.1) is 14.2 Å². The number of pyridine rings is 2. The van der Waals surface area contributed by atoms with Crippen LogP contribution in [0.4, 0.5) is 23.8 Å². The van der Waals surface area contributed by atoms with Gasteiger partial charge in [-0.25, -0.2) is 24.5 Å². The number of carbonyl (C=O) groups excluding carboxylic acids is 2. The van der Waals surface area contributed by atoms with Gasteiger partial charge in [0.25, 0.3) is 0 Å². The van der Waals surface area contributed by atoms with Gasteiger partial charge in [0.1, 0.15) is 16.4 Å². The van der Waals surface area contributed by atoms with Crippen molar-refractivity contribution in [2.75, 3.05) is 26.1 Å². The molecule has 2 N–H and O–H groups in total. The van der Waals surface area contributed by atoms with Crippen LogP contribution in [-0.2, 0) is 10.9 Å². The number of carbonyl (C=O) groups is 2. The molecule has 0 radical (unpaired) electrons. The van der Waals surface area contributed by atoms with Crippen LogP contribution in [-0.4, -0.2) is 47.7 Å². The minimum absolute atomic E-state index is 0.0177. The summed E-state index contributed by atoms with van der Waals surface area (Å²) in [5, 5.41) is 5.12. The first-order chi connectivity index (χ1) is 16.1. The van der Waals surface area contributed by atoms with Gasteiger partial charge < -0.3 is 14.8 Å². The summed E-state index contributed by atoms with van der Waals surface area (Å²) in [7, 11) is 2.53. The number of aromatic nitrogens is 3. The molecule has 3 heterocycles. The minimum Gasteiger partial charge on any atom is -0.480 e. The van der Waals surface area contributed by atoms with Crippen LogP contribution in [0.3, 0.4) is 0 Å². The second-order valence-corrected chi connectivity index (χ2v) is 8.00. The lowest BCUT2D eigenvalue weighted by Crippen LogP contribution is -2.28. The van der Waals surface area contributed by atoms with E-state index in [1.807, 2.05) is 0 Å². The Labute approximate surface area is 196 Å². The molecule has 3 rings (SSSR count). The van der Waals surface area contributed by atoms with E-state index in [1.165, 1.54) is 45.7 Å². The molecule has 0 saturated heterocycles. The highest BCUT2D eigenvalue weighted by Crippen LogP contribution is 2.41. The maximum absolute atomic E-state index is 13.4. The number of amides is 2. The lowest BCUT2D eigenvalue weighted by atomic mass is 10.0. The number of hydrogen-bond acceptors (Lipinski definition) is 8. The first-order valence-corrected chi connectivity index (χ1v) is 10.6. The summed E-state index contributed by atoms with van der Waals surface area (Å²) in [5.74, 6) is -0.593. The highest BCUT2D eigenvalue weighted by molar-refractivity contribution is 7.15. The molecule has 0 aliphatic rings. The molecule has 13 heteroatoms. The van der Waals surface area contributed by atoms with Gasteiger partial charge in [0.15, 0.2) is 5.69 Å². The van der Waals surface area contributed by atoms with Crippen molar-refractivity contribution < 1.29 is 32.2 Å². The van der Waals surface area contributed by atoms with Crippen LogP contribution in [0.25, 0.3) is 21.7 Å². The monoisotopic (exact) mass is 495 g/mol. The van der Waals surface area contributed by atoms with E-state index in [2.05, 4.69) is 25.6 Å². The van der Waals surface area contributed by atoms with Crippen LogP contribution in [0.5, 0.6) is 5.88 Å². The molecule has 0 saturated carbocycles. The number of hydrogen-bond donors (Lipinski definition) is 2. The fourth-order valence-corrected chi connectivity index (χ4v) is 4.01. The molecular weight excluding hydrogens is 475 g/mol. The normalized spacial score (nSPS) is 11.1. The highest BCUT2D eigenvalue weighted by atomic mass is 32.1. The average Bonchev–Trinajstić information content (AvgIpc) is 3.20. The summed E-state index contributed by atoms with van der Waals surface area (Å²) < 4.78 is 50.0. The van der Waals surface area contributed by atoms with Crippen LogP contribution >= 0.6 is 11.3 Å². The van der Waals surface area contributed by atoms with Gasteiger partial charge >= 0.3 is 18.2 Å². The topological polar surface area (TPSA) is 115 Å². The second kappa shape index (κ2) is 10.0. The smallest absolute Gasteiger partial charge is 0.434 e. The molecule has 34 heavy (non-hydrogen) atoms. The van der Waals surface area contributed by atoms with E-state index in [1.54, 1.807) is 6.92 Å². The molecule has 0 fully saturated rings. The van der Waals surface area contributed by atoms with E-state index in [-0.39, 0.29) is 32.7 Å². The Morgan fingerprint density at radius 1 is 1.12 bits per heavy atom. The lowest BCUT2D eigenvalue weighted by molar-refractivity contribution is -0.141. The van der Waals surface area contributed by atoms with Crippen molar-refractivity contribution in [2.45, 2.75) is 20.0 Å². The molecule has 0 atom stereocenters. The quantitative estimate of drug-likeness (QED) is 0.483. The predicted octanol–water partition coefficient (Wildman–Crippen LogP) is 4.53. The van der Waals surface area contributed by atoms with Crippen LogP contribution in [0.2, 0.25) is 0 Å². The van der Waals surface area contributed by atoms with E-state index in [4.69, 9.17) is 9.47 Å². The number of urea groups is 1. The van der Waals surface area contributed by atoms with Crippen molar-refractivity contribution in [3.8, 4) is 27.6 Å². The molecule has 0 spiro atoms. The van der Waals surface area contributed by atoms with Crippen molar-refractivity contribution in [3.63, 3.8) is 0 Å². The number of methoxy groups -OCH3 is 2. The second-order valence-electron chi connectivity index (χ2n) is 6.79. The molecule has 0 unspecified atom stereocenters. The van der Waals surface area contributed by atoms with Crippen molar-refractivity contribution in [3.05, 3.63) is 40.7 Å². The van der Waals surface area contributed by atoms with Gasteiger partial charge in [-0.3, -0.25) is 5.32 Å². The number of thiazole rings is 1. The summed E-state index contributed by atoms with van der Waals surface area (Å²) in [6.07, 6.45) is -1.90. The van der Waals surface area contributed by atoms with Gasteiger partial charge in [-0.2, -0.15) is 13.2 Å². The Kier molecular flexibility index (Phi) is 7.35. The molecule has 0 bridgehead atoms. The SMILES string of the molecule is CCNC(=O)Nc1cc(-c2nc(C(F)(F)F)c(C)s2)c(-c2cnc(OC)c(C(=O)OC)c2)cn1. The Morgan fingerprint density at radius 2 is 1.85 bits per heavy atom. The summed E-state index contributed by atoms with van der Waals surface area (Å²) >= 11 is 0.840. The van der Waals surface area contributed by atoms with Gasteiger partial charge in [-0.1, -0.05) is 0 Å². The van der Waals surface area contributed by atoms with E-state index in [0.717, 1.165) is 11.3 Å². The van der Waals surface area contributed by atoms with Crippen molar-refractivity contribution in [1.82, 2.24) is 20.3 Å². The third-order valence-corrected chi connectivity index (χ3v) is 5.54. The number of halogens is 3. The predicted molar refractivity (Wildman–Crippen MR) is 119 cm³/mol. The van der Waals surface area contributed by atoms with Gasteiger partial charge in [-0.05, 0) is 26.0 Å². The molecule has 9 nitrogen and oxygen atoms in total. The zero-order valence-electron chi connectivity index (χ0n) is 18.5. The number of anilines is 1. The van der Waals surface area contributed by atoms with E-state index in [9.17, 15) is 22.8 Å². The highest BCUT2D eigenvalue weighted by Gasteiger charge is 2.36. The molecule has 0 aliphatic carbocycles. The first-order valence-electron chi connectivity index (χ1n) is 9.81. The first kappa shape index (κ1) is 24.9. The Hall–Kier alpha value is -3.74. The molecule has 180 valence electrons. The lowest BCUT2D eigenvalue weighted by Gasteiger charge is -2.13. The van der Waals surface area contributed by atoms with Crippen molar-refractivity contribution in [1.29, 1.82) is 0 Å². The molecule has 0 aliphatic heterocycles. The van der Waals surface area contributed by atoms with Crippen molar-refractivity contribution in [2.24, 2.45) is 0 Å². The molecule has 0 aromatic carbocycles.